The third-order valence-electron chi connectivity index (χ3n) is 3.89. The molecule has 8 heteroatoms. The summed E-state index contributed by atoms with van der Waals surface area (Å²) < 4.78 is 2.16. The fourth-order valence-electron chi connectivity index (χ4n) is 2.52. The first-order valence-corrected chi connectivity index (χ1v) is 9.95. The van der Waals surface area contributed by atoms with E-state index in [-0.39, 0.29) is 5.91 Å². The Morgan fingerprint density at radius 3 is 2.84 bits per heavy atom. The number of nitrogens with one attached hydrogen (secondary N) is 1. The Hall–Kier alpha value is -2.19. The molecule has 4 rings (SSSR count). The van der Waals surface area contributed by atoms with Gasteiger partial charge in [-0.15, -0.1) is 21.5 Å². The first-order chi connectivity index (χ1) is 12.3. The lowest BCUT2D eigenvalue weighted by Gasteiger charge is -2.08. The van der Waals surface area contributed by atoms with Gasteiger partial charge in [0, 0.05) is 28.9 Å². The average molecular weight is 371 g/mol. The first kappa shape index (κ1) is 16.3. The molecule has 1 amide bonds. The number of thiophene rings is 1. The first-order valence-electron chi connectivity index (χ1n) is 8.08. The number of rotatable bonds is 7. The van der Waals surface area contributed by atoms with Gasteiger partial charge in [-0.3, -0.25) is 14.3 Å². The van der Waals surface area contributed by atoms with Crippen LogP contribution in [0.2, 0.25) is 0 Å². The maximum Gasteiger partial charge on any atom is 0.230 e. The molecule has 3 aromatic rings. The minimum Gasteiger partial charge on any atom is -0.350 e. The minimum absolute atomic E-state index is 0.00853. The molecule has 1 saturated carbocycles. The van der Waals surface area contributed by atoms with Crippen molar-refractivity contribution in [1.82, 2.24) is 25.1 Å². The highest BCUT2D eigenvalue weighted by Gasteiger charge is 2.30. The van der Waals surface area contributed by atoms with E-state index in [1.807, 2.05) is 29.6 Å². The zero-order valence-corrected chi connectivity index (χ0v) is 15.1. The highest BCUT2D eigenvalue weighted by atomic mass is 32.2. The van der Waals surface area contributed by atoms with Crippen molar-refractivity contribution in [3.63, 3.8) is 0 Å². The number of carbonyl (C=O) groups is 1. The molecule has 0 spiro atoms. The van der Waals surface area contributed by atoms with Gasteiger partial charge in [0.1, 0.15) is 0 Å². The standard InChI is InChI=1S/C17H17N5OS2/c23-15(19-10-14-2-1-9-24-14)11-25-17-21-20-16(22(17)13-3-4-13)12-5-7-18-8-6-12/h1-2,5-9,13H,3-4,10-11H2,(H,19,23). The molecule has 0 saturated heterocycles. The Labute approximate surface area is 153 Å². The lowest BCUT2D eigenvalue weighted by molar-refractivity contribution is -0.118. The van der Waals surface area contributed by atoms with E-state index in [1.165, 1.54) is 11.8 Å². The molecule has 0 unspecified atom stereocenters. The number of aromatic nitrogens is 4. The highest BCUT2D eigenvalue weighted by molar-refractivity contribution is 7.99. The van der Waals surface area contributed by atoms with E-state index in [4.69, 9.17) is 0 Å². The topological polar surface area (TPSA) is 72.7 Å². The van der Waals surface area contributed by atoms with Crippen LogP contribution in [-0.4, -0.2) is 31.4 Å². The Morgan fingerprint density at radius 1 is 1.28 bits per heavy atom. The third kappa shape index (κ3) is 3.91. The average Bonchev–Trinajstić information content (AvgIpc) is 3.18. The number of hydrogen-bond acceptors (Lipinski definition) is 6. The molecule has 1 aliphatic carbocycles. The number of carbonyl (C=O) groups excluding carboxylic acids is 1. The van der Waals surface area contributed by atoms with E-state index in [2.05, 4.69) is 25.1 Å². The lowest BCUT2D eigenvalue weighted by atomic mass is 10.2. The maximum atomic E-state index is 12.1. The van der Waals surface area contributed by atoms with Crippen molar-refractivity contribution in [2.45, 2.75) is 30.6 Å². The summed E-state index contributed by atoms with van der Waals surface area (Å²) in [6.45, 7) is 0.578. The van der Waals surface area contributed by atoms with Crippen molar-refractivity contribution in [3.8, 4) is 11.4 Å². The van der Waals surface area contributed by atoms with Gasteiger partial charge in [0.05, 0.1) is 12.3 Å². The zero-order chi connectivity index (χ0) is 17.1. The lowest BCUT2D eigenvalue weighted by Crippen LogP contribution is -2.24. The Morgan fingerprint density at radius 2 is 2.12 bits per heavy atom. The molecule has 6 nitrogen and oxygen atoms in total. The molecular formula is C17H17N5OS2. The summed E-state index contributed by atoms with van der Waals surface area (Å²) in [7, 11) is 0. The van der Waals surface area contributed by atoms with Gasteiger partial charge in [-0.05, 0) is 36.4 Å². The summed E-state index contributed by atoms with van der Waals surface area (Å²) in [6.07, 6.45) is 5.78. The zero-order valence-electron chi connectivity index (χ0n) is 13.5. The number of nitrogens with zero attached hydrogens (tertiary/aromatic N) is 4. The summed E-state index contributed by atoms with van der Waals surface area (Å²) in [5.41, 5.74) is 1.00. The Kier molecular flexibility index (Phi) is 4.80. The van der Waals surface area contributed by atoms with Gasteiger partial charge in [0.15, 0.2) is 11.0 Å². The van der Waals surface area contributed by atoms with Gasteiger partial charge in [-0.2, -0.15) is 0 Å². The van der Waals surface area contributed by atoms with Gasteiger partial charge >= 0.3 is 0 Å². The highest BCUT2D eigenvalue weighted by Crippen LogP contribution is 2.40. The predicted molar refractivity (Wildman–Crippen MR) is 98.4 cm³/mol. The molecule has 25 heavy (non-hydrogen) atoms. The van der Waals surface area contributed by atoms with Crippen LogP contribution in [0.25, 0.3) is 11.4 Å². The van der Waals surface area contributed by atoms with E-state index in [1.54, 1.807) is 23.7 Å². The van der Waals surface area contributed by atoms with Crippen LogP contribution in [0.1, 0.15) is 23.8 Å². The molecule has 1 N–H and O–H groups in total. The van der Waals surface area contributed by atoms with Gasteiger partial charge in [-0.25, -0.2) is 0 Å². The van der Waals surface area contributed by atoms with Crippen LogP contribution < -0.4 is 5.32 Å². The quantitative estimate of drug-likeness (QED) is 0.646. The van der Waals surface area contributed by atoms with Crippen molar-refractivity contribution in [2.75, 3.05) is 5.75 Å². The van der Waals surface area contributed by atoms with Crippen LogP contribution in [0, 0.1) is 0 Å². The van der Waals surface area contributed by atoms with Crippen molar-refractivity contribution >= 4 is 29.0 Å². The number of hydrogen-bond donors (Lipinski definition) is 1. The second-order valence-electron chi connectivity index (χ2n) is 5.79. The minimum atomic E-state index is 0.00853. The van der Waals surface area contributed by atoms with Crippen molar-refractivity contribution in [3.05, 3.63) is 46.9 Å². The Bertz CT molecular complexity index is 843. The van der Waals surface area contributed by atoms with Gasteiger partial charge < -0.3 is 5.32 Å². The van der Waals surface area contributed by atoms with Crippen molar-refractivity contribution in [1.29, 1.82) is 0 Å². The molecule has 0 bridgehead atoms. The van der Waals surface area contributed by atoms with Crippen LogP contribution in [0.4, 0.5) is 0 Å². The summed E-state index contributed by atoms with van der Waals surface area (Å²) in [5.74, 6) is 1.20. The summed E-state index contributed by atoms with van der Waals surface area (Å²) in [5, 5.41) is 14.4. The van der Waals surface area contributed by atoms with E-state index in [9.17, 15) is 4.79 Å². The normalized spacial score (nSPS) is 13.8. The summed E-state index contributed by atoms with van der Waals surface area (Å²) in [4.78, 5) is 17.3. The van der Waals surface area contributed by atoms with Gasteiger partial charge in [0.25, 0.3) is 0 Å². The van der Waals surface area contributed by atoms with Crippen LogP contribution >= 0.6 is 23.1 Å². The summed E-state index contributed by atoms with van der Waals surface area (Å²) >= 11 is 3.08. The molecule has 128 valence electrons. The third-order valence-corrected chi connectivity index (χ3v) is 5.71. The van der Waals surface area contributed by atoms with Crippen molar-refractivity contribution < 1.29 is 4.79 Å². The van der Waals surface area contributed by atoms with Crippen LogP contribution in [-0.2, 0) is 11.3 Å². The van der Waals surface area contributed by atoms with Gasteiger partial charge in [-0.1, -0.05) is 17.8 Å². The van der Waals surface area contributed by atoms with Crippen LogP contribution in [0.5, 0.6) is 0 Å². The van der Waals surface area contributed by atoms with Crippen molar-refractivity contribution in [2.24, 2.45) is 0 Å². The van der Waals surface area contributed by atoms with E-state index in [0.29, 0.717) is 18.3 Å². The fourth-order valence-corrected chi connectivity index (χ4v) is 4.00. The van der Waals surface area contributed by atoms with Crippen LogP contribution in [0.15, 0.2) is 47.2 Å². The fraction of sp³-hybridized carbons (Fsp3) is 0.294. The number of pyridine rings is 1. The summed E-state index contributed by atoms with van der Waals surface area (Å²) in [6, 6.07) is 8.31. The van der Waals surface area contributed by atoms with E-state index in [0.717, 1.165) is 34.3 Å². The Balaban J connectivity index is 1.42. The molecular weight excluding hydrogens is 354 g/mol. The van der Waals surface area contributed by atoms with Gasteiger partial charge in [0.2, 0.25) is 5.91 Å². The molecule has 1 aliphatic rings. The van der Waals surface area contributed by atoms with E-state index < -0.39 is 0 Å². The monoisotopic (exact) mass is 371 g/mol. The maximum absolute atomic E-state index is 12.1. The van der Waals surface area contributed by atoms with Crippen LogP contribution in [0.3, 0.4) is 0 Å². The molecule has 0 aliphatic heterocycles. The SMILES string of the molecule is O=C(CSc1nnc(-c2ccncc2)n1C1CC1)NCc1cccs1. The number of amides is 1. The molecule has 3 aromatic heterocycles. The molecule has 1 fully saturated rings. The number of thioether (sulfide) groups is 1. The molecule has 0 radical (unpaired) electrons. The largest absolute Gasteiger partial charge is 0.350 e. The second kappa shape index (κ2) is 7.37. The smallest absolute Gasteiger partial charge is 0.230 e. The molecule has 3 heterocycles. The van der Waals surface area contributed by atoms with E-state index >= 15 is 0 Å². The molecule has 0 aromatic carbocycles. The molecule has 0 atom stereocenters. The second-order valence-corrected chi connectivity index (χ2v) is 7.76. The predicted octanol–water partition coefficient (Wildman–Crippen LogP) is 3.15.